The van der Waals surface area contributed by atoms with Crippen molar-refractivity contribution in [2.75, 3.05) is 0 Å². The molecule has 0 saturated heterocycles. The predicted octanol–water partition coefficient (Wildman–Crippen LogP) is 4.66. The van der Waals surface area contributed by atoms with Crippen molar-refractivity contribution in [1.82, 2.24) is 0 Å². The molecule has 0 bridgehead atoms. The molecule has 0 heterocycles. The van der Waals surface area contributed by atoms with Gasteiger partial charge < -0.3 is 4.43 Å². The quantitative estimate of drug-likeness (QED) is 0.717. The summed E-state index contributed by atoms with van der Waals surface area (Å²) in [4.78, 5) is 0. The first-order chi connectivity index (χ1) is 9.16. The van der Waals surface area contributed by atoms with E-state index < -0.39 is 8.32 Å². The zero-order valence-electron chi connectivity index (χ0n) is 11.5. The average Bonchev–Trinajstić information content (AvgIpc) is 2.46. The van der Waals surface area contributed by atoms with Gasteiger partial charge in [-0.15, -0.1) is 0 Å². The second-order valence-electron chi connectivity index (χ2n) is 5.12. The van der Waals surface area contributed by atoms with Crippen molar-refractivity contribution >= 4 is 14.4 Å². The maximum atomic E-state index is 6.09. The summed E-state index contributed by atoms with van der Waals surface area (Å²) in [5, 5.41) is 0. The highest BCUT2D eigenvalue weighted by Crippen LogP contribution is 2.13. The van der Waals surface area contributed by atoms with Crippen molar-refractivity contribution < 1.29 is 4.43 Å². The number of benzene rings is 2. The van der Waals surface area contributed by atoms with E-state index >= 15 is 0 Å². The fourth-order valence-corrected chi connectivity index (χ4v) is 2.98. The molecular formula is C17H20OSi. The highest BCUT2D eigenvalue weighted by atomic mass is 28.4. The van der Waals surface area contributed by atoms with E-state index in [1.54, 1.807) is 0 Å². The second-order valence-corrected chi connectivity index (χ2v) is 8.95. The number of hydrogen-bond acceptors (Lipinski definition) is 1. The Morgan fingerprint density at radius 3 is 2.11 bits per heavy atom. The molecule has 19 heavy (non-hydrogen) atoms. The van der Waals surface area contributed by atoms with Gasteiger partial charge in [-0.2, -0.15) is 0 Å². The summed E-state index contributed by atoms with van der Waals surface area (Å²) in [5.74, 6) is 0. The lowest BCUT2D eigenvalue weighted by atomic mass is 10.2. The molecule has 0 saturated carbocycles. The Bertz CT molecular complexity index is 517. The molecule has 0 radical (unpaired) electrons. The molecule has 0 aromatic heterocycles. The van der Waals surface area contributed by atoms with Crippen LogP contribution in [0, 0.1) is 0 Å². The minimum absolute atomic E-state index is 0.694. The Morgan fingerprint density at radius 2 is 1.47 bits per heavy atom. The molecule has 2 heteroatoms. The Hall–Kier alpha value is -1.64. The predicted molar refractivity (Wildman–Crippen MR) is 84.2 cm³/mol. The summed E-state index contributed by atoms with van der Waals surface area (Å²) >= 11 is 0. The van der Waals surface area contributed by atoms with Crippen LogP contribution in [0.25, 0.3) is 6.08 Å². The van der Waals surface area contributed by atoms with Gasteiger partial charge in [0, 0.05) is 0 Å². The molecule has 0 aliphatic rings. The largest absolute Gasteiger partial charge is 0.409 e. The van der Waals surface area contributed by atoms with Gasteiger partial charge in [0.1, 0.15) is 0 Å². The Kier molecular flexibility index (Phi) is 4.72. The van der Waals surface area contributed by atoms with Gasteiger partial charge >= 0.3 is 0 Å². The molecule has 0 aliphatic heterocycles. The maximum Gasteiger partial charge on any atom is 0.211 e. The normalized spacial score (nSPS) is 11.9. The first-order valence-corrected chi connectivity index (χ1v) is 9.56. The molecule has 2 rings (SSSR count). The highest BCUT2D eigenvalue weighted by molar-refractivity contribution is 6.76. The zero-order chi connectivity index (χ0) is 13.6. The van der Waals surface area contributed by atoms with Crippen LogP contribution in [-0.2, 0) is 11.0 Å². The Labute approximate surface area is 116 Å². The monoisotopic (exact) mass is 268 g/mol. The van der Waals surface area contributed by atoms with Crippen molar-refractivity contribution in [3.8, 4) is 0 Å². The van der Waals surface area contributed by atoms with Crippen LogP contribution in [0.15, 0.2) is 66.4 Å². The standard InChI is InChI=1S/C17H20OSi/c1-19(2,14-13-16-9-5-3-6-10-16)18-15-17-11-7-4-8-12-17/h3-14H,15H2,1-2H3/b14-13+. The van der Waals surface area contributed by atoms with Gasteiger partial charge in [0.05, 0.1) is 6.61 Å². The molecule has 98 valence electrons. The average molecular weight is 268 g/mol. The molecule has 0 aliphatic carbocycles. The molecule has 0 fully saturated rings. The first kappa shape index (κ1) is 13.8. The Balaban J connectivity index is 1.93. The second kappa shape index (κ2) is 6.50. The van der Waals surface area contributed by atoms with Crippen LogP contribution < -0.4 is 0 Å². The fourth-order valence-electron chi connectivity index (χ4n) is 1.75. The first-order valence-electron chi connectivity index (χ1n) is 6.58. The van der Waals surface area contributed by atoms with Gasteiger partial charge in [-0.3, -0.25) is 0 Å². The van der Waals surface area contributed by atoms with Crippen LogP contribution in [0.4, 0.5) is 0 Å². The molecule has 0 unspecified atom stereocenters. The summed E-state index contributed by atoms with van der Waals surface area (Å²) in [6.07, 6.45) is 2.16. The lowest BCUT2D eigenvalue weighted by Crippen LogP contribution is -2.27. The minimum Gasteiger partial charge on any atom is -0.409 e. The van der Waals surface area contributed by atoms with Crippen LogP contribution >= 0.6 is 0 Å². The van der Waals surface area contributed by atoms with Crippen molar-refractivity contribution in [2.45, 2.75) is 19.7 Å². The van der Waals surface area contributed by atoms with Crippen molar-refractivity contribution in [1.29, 1.82) is 0 Å². The summed E-state index contributed by atoms with van der Waals surface area (Å²) < 4.78 is 6.09. The molecule has 2 aromatic rings. The van der Waals surface area contributed by atoms with Gasteiger partial charge in [-0.05, 0) is 24.2 Å². The highest BCUT2D eigenvalue weighted by Gasteiger charge is 2.18. The molecule has 1 nitrogen and oxygen atoms in total. The van der Waals surface area contributed by atoms with E-state index in [1.807, 2.05) is 24.3 Å². The van der Waals surface area contributed by atoms with Gasteiger partial charge in [0.15, 0.2) is 0 Å². The molecular weight excluding hydrogens is 248 g/mol. The van der Waals surface area contributed by atoms with Crippen LogP contribution in [-0.4, -0.2) is 8.32 Å². The van der Waals surface area contributed by atoms with Crippen molar-refractivity contribution in [2.24, 2.45) is 0 Å². The summed E-state index contributed by atoms with van der Waals surface area (Å²) in [7, 11) is -1.75. The third-order valence-electron chi connectivity index (χ3n) is 2.93. The van der Waals surface area contributed by atoms with Crippen LogP contribution in [0.5, 0.6) is 0 Å². The molecule has 0 N–H and O–H groups in total. The van der Waals surface area contributed by atoms with E-state index in [0.29, 0.717) is 6.61 Å². The molecule has 0 amide bonds. The van der Waals surface area contributed by atoms with E-state index in [-0.39, 0.29) is 0 Å². The van der Waals surface area contributed by atoms with Crippen LogP contribution in [0.2, 0.25) is 13.1 Å². The van der Waals surface area contributed by atoms with Crippen LogP contribution in [0.3, 0.4) is 0 Å². The summed E-state index contributed by atoms with van der Waals surface area (Å²) in [6.45, 7) is 5.13. The summed E-state index contributed by atoms with van der Waals surface area (Å²) in [5.41, 5.74) is 4.70. The minimum atomic E-state index is -1.75. The van der Waals surface area contributed by atoms with E-state index in [1.165, 1.54) is 11.1 Å². The van der Waals surface area contributed by atoms with E-state index in [4.69, 9.17) is 4.43 Å². The van der Waals surface area contributed by atoms with E-state index in [0.717, 1.165) is 0 Å². The van der Waals surface area contributed by atoms with Gasteiger partial charge in [0.2, 0.25) is 8.32 Å². The third kappa shape index (κ3) is 4.85. The number of rotatable bonds is 5. The zero-order valence-corrected chi connectivity index (χ0v) is 12.5. The Morgan fingerprint density at radius 1 is 0.895 bits per heavy atom. The van der Waals surface area contributed by atoms with Crippen molar-refractivity contribution in [3.63, 3.8) is 0 Å². The third-order valence-corrected chi connectivity index (χ3v) is 4.79. The van der Waals surface area contributed by atoms with Crippen LogP contribution in [0.1, 0.15) is 11.1 Å². The van der Waals surface area contributed by atoms with Gasteiger partial charge in [-0.1, -0.05) is 72.4 Å². The smallest absolute Gasteiger partial charge is 0.211 e. The van der Waals surface area contributed by atoms with E-state index in [2.05, 4.69) is 61.3 Å². The molecule has 0 atom stereocenters. The fraction of sp³-hybridized carbons (Fsp3) is 0.176. The number of hydrogen-bond donors (Lipinski definition) is 0. The topological polar surface area (TPSA) is 9.23 Å². The lowest BCUT2D eigenvalue weighted by Gasteiger charge is -2.18. The molecule has 2 aromatic carbocycles. The molecule has 0 spiro atoms. The summed E-state index contributed by atoms with van der Waals surface area (Å²) in [6, 6.07) is 20.7. The van der Waals surface area contributed by atoms with Gasteiger partial charge in [-0.25, -0.2) is 0 Å². The maximum absolute atomic E-state index is 6.09. The lowest BCUT2D eigenvalue weighted by molar-refractivity contribution is 0.303. The SMILES string of the molecule is C[Si](C)(/C=C/c1ccccc1)OCc1ccccc1. The van der Waals surface area contributed by atoms with Gasteiger partial charge in [0.25, 0.3) is 0 Å². The van der Waals surface area contributed by atoms with Crippen molar-refractivity contribution in [3.05, 3.63) is 77.5 Å². The van der Waals surface area contributed by atoms with E-state index in [9.17, 15) is 0 Å².